The molecule has 7 heteroatoms. The highest BCUT2D eigenvalue weighted by Gasteiger charge is 2.25. The molecule has 0 saturated carbocycles. The van der Waals surface area contributed by atoms with E-state index in [4.69, 9.17) is 12.2 Å². The van der Waals surface area contributed by atoms with Crippen LogP contribution in [0.1, 0.15) is 5.56 Å². The minimum absolute atomic E-state index is 0.0206. The summed E-state index contributed by atoms with van der Waals surface area (Å²) in [5.74, 6) is -0.134. The highest BCUT2D eigenvalue weighted by atomic mass is 32.2. The SMILES string of the molecule is O=C(Cc1ccc(F)cc1)NCCN1C(=O)CSC1=S. The van der Waals surface area contributed by atoms with Crippen molar-refractivity contribution in [3.63, 3.8) is 0 Å². The van der Waals surface area contributed by atoms with Gasteiger partial charge in [0.05, 0.1) is 12.2 Å². The smallest absolute Gasteiger partial charge is 0.238 e. The summed E-state index contributed by atoms with van der Waals surface area (Å²) in [6, 6.07) is 5.79. The average Bonchev–Trinajstić information content (AvgIpc) is 2.73. The molecule has 4 nitrogen and oxygen atoms in total. The van der Waals surface area contributed by atoms with Crippen LogP contribution in [-0.4, -0.2) is 39.9 Å². The molecule has 0 spiro atoms. The molecule has 1 aliphatic rings. The van der Waals surface area contributed by atoms with Crippen molar-refractivity contribution in [1.29, 1.82) is 0 Å². The van der Waals surface area contributed by atoms with Gasteiger partial charge >= 0.3 is 0 Å². The highest BCUT2D eigenvalue weighted by molar-refractivity contribution is 8.23. The third kappa shape index (κ3) is 4.01. The Balaban J connectivity index is 1.74. The van der Waals surface area contributed by atoms with E-state index in [1.165, 1.54) is 28.8 Å². The Labute approximate surface area is 125 Å². The van der Waals surface area contributed by atoms with Crippen molar-refractivity contribution in [3.8, 4) is 0 Å². The first-order valence-electron chi connectivity index (χ1n) is 6.04. The molecule has 0 bridgehead atoms. The molecule has 0 aliphatic carbocycles. The zero-order chi connectivity index (χ0) is 14.5. The molecule has 1 aliphatic heterocycles. The molecular weight excluding hydrogens is 299 g/mol. The standard InChI is InChI=1S/C13H13FN2O2S2/c14-10-3-1-9(2-4-10)7-11(17)15-5-6-16-12(18)8-20-13(16)19/h1-4H,5-8H2,(H,15,17). The van der Waals surface area contributed by atoms with Gasteiger partial charge in [0, 0.05) is 13.1 Å². The van der Waals surface area contributed by atoms with Crippen LogP contribution >= 0.6 is 24.0 Å². The summed E-state index contributed by atoms with van der Waals surface area (Å²) >= 11 is 6.37. The van der Waals surface area contributed by atoms with Crippen LogP contribution in [0.4, 0.5) is 4.39 Å². The van der Waals surface area contributed by atoms with Crippen LogP contribution in [0, 0.1) is 5.82 Å². The fourth-order valence-electron chi connectivity index (χ4n) is 1.75. The van der Waals surface area contributed by atoms with E-state index in [1.807, 2.05) is 0 Å². The minimum atomic E-state index is -0.326. The van der Waals surface area contributed by atoms with E-state index >= 15 is 0 Å². The predicted molar refractivity (Wildman–Crippen MR) is 79.9 cm³/mol. The number of thiocarbonyl (C=S) groups is 1. The van der Waals surface area contributed by atoms with E-state index in [1.54, 1.807) is 12.1 Å². The van der Waals surface area contributed by atoms with Crippen LogP contribution in [0.15, 0.2) is 24.3 Å². The van der Waals surface area contributed by atoms with Gasteiger partial charge in [-0.1, -0.05) is 36.1 Å². The second-order valence-electron chi connectivity index (χ2n) is 4.25. The van der Waals surface area contributed by atoms with Gasteiger partial charge in [-0.2, -0.15) is 0 Å². The van der Waals surface area contributed by atoms with Crippen molar-refractivity contribution >= 4 is 40.1 Å². The second-order valence-corrected chi connectivity index (χ2v) is 5.86. The van der Waals surface area contributed by atoms with Gasteiger partial charge < -0.3 is 5.32 Å². The average molecular weight is 312 g/mol. The largest absolute Gasteiger partial charge is 0.354 e. The van der Waals surface area contributed by atoms with E-state index < -0.39 is 0 Å². The molecule has 0 radical (unpaired) electrons. The van der Waals surface area contributed by atoms with Gasteiger partial charge in [-0.05, 0) is 17.7 Å². The molecule has 1 aromatic rings. The van der Waals surface area contributed by atoms with Crippen LogP contribution < -0.4 is 5.32 Å². The van der Waals surface area contributed by atoms with Gasteiger partial charge in [0.1, 0.15) is 10.1 Å². The van der Waals surface area contributed by atoms with E-state index in [9.17, 15) is 14.0 Å². The Morgan fingerprint density at radius 3 is 2.70 bits per heavy atom. The summed E-state index contributed by atoms with van der Waals surface area (Å²) < 4.78 is 13.3. The van der Waals surface area contributed by atoms with Crippen molar-refractivity contribution in [2.75, 3.05) is 18.8 Å². The number of hydrogen-bond donors (Lipinski definition) is 1. The molecule has 1 fully saturated rings. The Kier molecular flexibility index (Phi) is 5.08. The Hall–Kier alpha value is -1.47. The molecule has 0 atom stereocenters. The molecule has 0 aromatic heterocycles. The van der Waals surface area contributed by atoms with Crippen molar-refractivity contribution in [2.45, 2.75) is 6.42 Å². The number of nitrogens with one attached hydrogen (secondary N) is 1. The third-order valence-electron chi connectivity index (χ3n) is 2.78. The van der Waals surface area contributed by atoms with Gasteiger partial charge in [-0.15, -0.1) is 0 Å². The molecule has 2 amide bonds. The second kappa shape index (κ2) is 6.81. The number of halogens is 1. The first kappa shape index (κ1) is 14.9. The zero-order valence-electron chi connectivity index (χ0n) is 10.6. The van der Waals surface area contributed by atoms with Crippen LogP contribution in [0.5, 0.6) is 0 Å². The summed E-state index contributed by atoms with van der Waals surface area (Å²) in [5, 5.41) is 2.72. The summed E-state index contributed by atoms with van der Waals surface area (Å²) in [7, 11) is 0. The Morgan fingerprint density at radius 2 is 2.10 bits per heavy atom. The van der Waals surface area contributed by atoms with Gasteiger partial charge in [0.2, 0.25) is 11.8 Å². The number of benzene rings is 1. The summed E-state index contributed by atoms with van der Waals surface area (Å²) in [6.45, 7) is 0.742. The number of nitrogens with zero attached hydrogens (tertiary/aromatic N) is 1. The zero-order valence-corrected chi connectivity index (χ0v) is 12.2. The van der Waals surface area contributed by atoms with Gasteiger partial charge in [-0.25, -0.2) is 4.39 Å². The first-order valence-corrected chi connectivity index (χ1v) is 7.44. The van der Waals surface area contributed by atoms with Gasteiger partial charge in [0.25, 0.3) is 0 Å². The topological polar surface area (TPSA) is 49.4 Å². The van der Waals surface area contributed by atoms with Crippen LogP contribution in [0.25, 0.3) is 0 Å². The molecule has 20 heavy (non-hydrogen) atoms. The monoisotopic (exact) mass is 312 g/mol. The minimum Gasteiger partial charge on any atom is -0.354 e. The first-order chi connectivity index (χ1) is 9.56. The molecule has 1 heterocycles. The number of rotatable bonds is 5. The Bertz CT molecular complexity index is 518. The lowest BCUT2D eigenvalue weighted by Crippen LogP contribution is -2.37. The van der Waals surface area contributed by atoms with Crippen molar-refractivity contribution in [1.82, 2.24) is 10.2 Å². The quantitative estimate of drug-likeness (QED) is 0.834. The van der Waals surface area contributed by atoms with Crippen LogP contribution in [0.3, 0.4) is 0 Å². The number of amides is 2. The number of carbonyl (C=O) groups excluding carboxylic acids is 2. The Morgan fingerprint density at radius 1 is 1.40 bits per heavy atom. The fraction of sp³-hybridized carbons (Fsp3) is 0.308. The van der Waals surface area contributed by atoms with Crippen LogP contribution in [-0.2, 0) is 16.0 Å². The van der Waals surface area contributed by atoms with Crippen molar-refractivity contribution in [2.24, 2.45) is 0 Å². The fourth-order valence-corrected chi connectivity index (χ4v) is 2.88. The number of carbonyl (C=O) groups is 2. The maximum absolute atomic E-state index is 12.7. The van der Waals surface area contributed by atoms with E-state index in [-0.39, 0.29) is 24.1 Å². The molecule has 2 rings (SSSR count). The highest BCUT2D eigenvalue weighted by Crippen LogP contribution is 2.18. The van der Waals surface area contributed by atoms with Gasteiger partial charge in [0.15, 0.2) is 0 Å². The maximum atomic E-state index is 12.7. The van der Waals surface area contributed by atoms with Crippen molar-refractivity contribution in [3.05, 3.63) is 35.6 Å². The van der Waals surface area contributed by atoms with E-state index in [0.29, 0.717) is 23.2 Å². The van der Waals surface area contributed by atoms with Crippen LogP contribution in [0.2, 0.25) is 0 Å². The van der Waals surface area contributed by atoms with E-state index in [2.05, 4.69) is 5.32 Å². The van der Waals surface area contributed by atoms with E-state index in [0.717, 1.165) is 5.56 Å². The summed E-state index contributed by atoms with van der Waals surface area (Å²) in [4.78, 5) is 24.6. The lowest BCUT2D eigenvalue weighted by atomic mass is 10.1. The van der Waals surface area contributed by atoms with Gasteiger partial charge in [-0.3, -0.25) is 14.5 Å². The molecule has 1 N–H and O–H groups in total. The molecule has 1 saturated heterocycles. The number of hydrogen-bond acceptors (Lipinski definition) is 4. The summed E-state index contributed by atoms with van der Waals surface area (Å²) in [6.07, 6.45) is 0.188. The molecular formula is C13H13FN2O2S2. The molecule has 106 valence electrons. The lowest BCUT2D eigenvalue weighted by molar-refractivity contribution is -0.125. The molecule has 0 unspecified atom stereocenters. The number of thioether (sulfide) groups is 1. The van der Waals surface area contributed by atoms with Crippen molar-refractivity contribution < 1.29 is 14.0 Å². The normalized spacial score (nSPS) is 14.8. The third-order valence-corrected chi connectivity index (χ3v) is 4.21. The summed E-state index contributed by atoms with van der Waals surface area (Å²) in [5.41, 5.74) is 0.743. The predicted octanol–water partition coefficient (Wildman–Crippen LogP) is 1.34. The lowest BCUT2D eigenvalue weighted by Gasteiger charge is -2.15. The maximum Gasteiger partial charge on any atom is 0.238 e. The molecule has 1 aromatic carbocycles.